The molecule has 1 amide bonds. The Kier molecular flexibility index (Phi) is 7.54. The van der Waals surface area contributed by atoms with Crippen LogP contribution in [0.2, 0.25) is 0 Å². The van der Waals surface area contributed by atoms with Crippen LogP contribution in [0.4, 0.5) is 0 Å². The molecule has 0 spiro atoms. The van der Waals surface area contributed by atoms with E-state index in [0.29, 0.717) is 5.75 Å². The number of benzene rings is 2. The Morgan fingerprint density at radius 2 is 1.59 bits per heavy atom. The second-order valence-corrected chi connectivity index (χ2v) is 11.4. The van der Waals surface area contributed by atoms with Crippen LogP contribution in [0.25, 0.3) is 0 Å². The number of thioether (sulfide) groups is 1. The highest BCUT2D eigenvalue weighted by Crippen LogP contribution is 2.26. The third-order valence-corrected chi connectivity index (χ3v) is 7.47. The van der Waals surface area contributed by atoms with Gasteiger partial charge in [-0.3, -0.25) is 4.79 Å². The molecule has 7 heteroatoms. The predicted octanol–water partition coefficient (Wildman–Crippen LogP) is 4.20. The van der Waals surface area contributed by atoms with Crippen LogP contribution < -0.4 is 5.32 Å². The van der Waals surface area contributed by atoms with Gasteiger partial charge in [0, 0.05) is 19.0 Å². The minimum Gasteiger partial charge on any atom is -0.349 e. The van der Waals surface area contributed by atoms with Gasteiger partial charge < -0.3 is 5.32 Å². The molecule has 1 unspecified atom stereocenters. The van der Waals surface area contributed by atoms with Crippen molar-refractivity contribution >= 4 is 27.7 Å². The van der Waals surface area contributed by atoms with Crippen molar-refractivity contribution in [1.82, 2.24) is 9.62 Å². The number of nitrogens with zero attached hydrogens (tertiary/aromatic N) is 1. The van der Waals surface area contributed by atoms with Gasteiger partial charge in [-0.1, -0.05) is 45.0 Å². The van der Waals surface area contributed by atoms with Gasteiger partial charge in [-0.2, -0.15) is 0 Å². The Morgan fingerprint density at radius 1 is 1.03 bits per heavy atom. The Bertz CT molecular complexity index is 930. The second-order valence-electron chi connectivity index (χ2n) is 8.21. The van der Waals surface area contributed by atoms with Crippen LogP contribution in [0.5, 0.6) is 0 Å². The molecule has 2 rings (SSSR count). The van der Waals surface area contributed by atoms with E-state index in [0.717, 1.165) is 10.5 Å². The van der Waals surface area contributed by atoms with Crippen molar-refractivity contribution in [3.63, 3.8) is 0 Å². The summed E-state index contributed by atoms with van der Waals surface area (Å²) in [4.78, 5) is 13.6. The zero-order valence-corrected chi connectivity index (χ0v) is 19.5. The smallest absolute Gasteiger partial charge is 0.242 e. The van der Waals surface area contributed by atoms with Crippen LogP contribution in [0.15, 0.2) is 58.3 Å². The summed E-state index contributed by atoms with van der Waals surface area (Å²) in [7, 11) is -0.451. The van der Waals surface area contributed by atoms with E-state index < -0.39 is 10.0 Å². The molecular formula is C22H30N2O3S2. The van der Waals surface area contributed by atoms with E-state index in [2.05, 4.69) is 38.2 Å². The number of nitrogens with one attached hydrogen (secondary N) is 1. The first-order chi connectivity index (χ1) is 13.4. The number of rotatable bonds is 7. The summed E-state index contributed by atoms with van der Waals surface area (Å²) < 4.78 is 25.5. The van der Waals surface area contributed by atoms with Gasteiger partial charge in [0.05, 0.1) is 16.7 Å². The van der Waals surface area contributed by atoms with Crippen LogP contribution in [-0.2, 0) is 20.2 Å². The third kappa shape index (κ3) is 6.32. The van der Waals surface area contributed by atoms with Crippen LogP contribution in [0.1, 0.15) is 44.9 Å². The van der Waals surface area contributed by atoms with Gasteiger partial charge in [0.25, 0.3) is 0 Å². The molecule has 0 heterocycles. The number of carbonyl (C=O) groups excluding carboxylic acids is 1. The Morgan fingerprint density at radius 3 is 2.07 bits per heavy atom. The molecule has 158 valence electrons. The molecule has 1 atom stereocenters. The standard InChI is InChI=1S/C22H30N2O3S2/c1-16(17-7-13-20(14-8-17)29(26,27)24(5)6)23-21(25)15-28-19-11-9-18(10-12-19)22(2,3)4/h7-14,16H,15H2,1-6H3,(H,23,25). The van der Waals surface area contributed by atoms with Crippen molar-refractivity contribution in [2.75, 3.05) is 19.8 Å². The largest absolute Gasteiger partial charge is 0.349 e. The number of amides is 1. The summed E-state index contributed by atoms with van der Waals surface area (Å²) in [6.45, 7) is 8.40. The number of carbonyl (C=O) groups is 1. The van der Waals surface area contributed by atoms with E-state index in [1.54, 1.807) is 24.3 Å². The van der Waals surface area contributed by atoms with E-state index in [1.807, 2.05) is 19.1 Å². The van der Waals surface area contributed by atoms with Gasteiger partial charge in [-0.25, -0.2) is 12.7 Å². The molecule has 0 bridgehead atoms. The van der Waals surface area contributed by atoms with Gasteiger partial charge in [0.1, 0.15) is 0 Å². The first-order valence-corrected chi connectivity index (χ1v) is 11.9. The first kappa shape index (κ1) is 23.4. The molecule has 0 aliphatic heterocycles. The fourth-order valence-electron chi connectivity index (χ4n) is 2.71. The van der Waals surface area contributed by atoms with E-state index in [4.69, 9.17) is 0 Å². The summed E-state index contributed by atoms with van der Waals surface area (Å²) in [5.41, 5.74) is 2.23. The molecule has 0 saturated heterocycles. The molecule has 0 aliphatic rings. The lowest BCUT2D eigenvalue weighted by Crippen LogP contribution is -2.28. The normalized spacial score (nSPS) is 13.3. The van der Waals surface area contributed by atoms with E-state index in [1.165, 1.54) is 35.7 Å². The first-order valence-electron chi connectivity index (χ1n) is 9.46. The average molecular weight is 435 g/mol. The summed E-state index contributed by atoms with van der Waals surface area (Å²) in [5, 5.41) is 2.96. The summed E-state index contributed by atoms with van der Waals surface area (Å²) in [6, 6.07) is 14.7. The second kappa shape index (κ2) is 9.32. The molecule has 1 N–H and O–H groups in total. The van der Waals surface area contributed by atoms with Gasteiger partial charge in [-0.05, 0) is 47.7 Å². The molecule has 0 aromatic heterocycles. The van der Waals surface area contributed by atoms with Gasteiger partial charge in [0.15, 0.2) is 0 Å². The lowest BCUT2D eigenvalue weighted by atomic mass is 9.87. The van der Waals surface area contributed by atoms with Crippen molar-refractivity contribution < 1.29 is 13.2 Å². The van der Waals surface area contributed by atoms with Crippen molar-refractivity contribution in [2.24, 2.45) is 0 Å². The molecule has 2 aromatic carbocycles. The Hall–Kier alpha value is -1.83. The molecule has 0 saturated carbocycles. The number of hydrogen-bond acceptors (Lipinski definition) is 4. The Balaban J connectivity index is 1.92. The van der Waals surface area contributed by atoms with Crippen LogP contribution in [-0.4, -0.2) is 38.5 Å². The van der Waals surface area contributed by atoms with Crippen LogP contribution in [0, 0.1) is 0 Å². The molecule has 2 aromatic rings. The molecule has 5 nitrogen and oxygen atoms in total. The number of hydrogen-bond donors (Lipinski definition) is 1. The maximum Gasteiger partial charge on any atom is 0.242 e. The maximum atomic E-state index is 12.3. The van der Waals surface area contributed by atoms with Gasteiger partial charge in [0.2, 0.25) is 15.9 Å². The average Bonchev–Trinajstić information content (AvgIpc) is 2.66. The fourth-order valence-corrected chi connectivity index (χ4v) is 4.32. The highest BCUT2D eigenvalue weighted by atomic mass is 32.2. The summed E-state index contributed by atoms with van der Waals surface area (Å²) >= 11 is 1.50. The van der Waals surface area contributed by atoms with E-state index >= 15 is 0 Å². The predicted molar refractivity (Wildman–Crippen MR) is 120 cm³/mol. The van der Waals surface area contributed by atoms with Gasteiger partial charge in [-0.15, -0.1) is 11.8 Å². The van der Waals surface area contributed by atoms with Crippen LogP contribution >= 0.6 is 11.8 Å². The van der Waals surface area contributed by atoms with Crippen molar-refractivity contribution in [3.8, 4) is 0 Å². The maximum absolute atomic E-state index is 12.3. The molecular weight excluding hydrogens is 404 g/mol. The van der Waals surface area contributed by atoms with Gasteiger partial charge >= 0.3 is 0 Å². The highest BCUT2D eigenvalue weighted by Gasteiger charge is 2.18. The van der Waals surface area contributed by atoms with Crippen molar-refractivity contribution in [1.29, 1.82) is 0 Å². The van der Waals surface area contributed by atoms with Crippen molar-refractivity contribution in [3.05, 3.63) is 59.7 Å². The molecule has 0 radical (unpaired) electrons. The molecule has 29 heavy (non-hydrogen) atoms. The fraction of sp³-hybridized carbons (Fsp3) is 0.409. The minimum atomic E-state index is -3.45. The monoisotopic (exact) mass is 434 g/mol. The molecule has 0 fully saturated rings. The van der Waals surface area contributed by atoms with E-state index in [9.17, 15) is 13.2 Å². The SMILES string of the molecule is CC(NC(=O)CSc1ccc(C(C)(C)C)cc1)c1ccc(S(=O)(=O)N(C)C)cc1. The quantitative estimate of drug-likeness (QED) is 0.663. The highest BCUT2D eigenvalue weighted by molar-refractivity contribution is 8.00. The lowest BCUT2D eigenvalue weighted by molar-refractivity contribution is -0.119. The molecule has 0 aliphatic carbocycles. The lowest BCUT2D eigenvalue weighted by Gasteiger charge is -2.19. The van der Waals surface area contributed by atoms with E-state index in [-0.39, 0.29) is 22.3 Å². The summed E-state index contributed by atoms with van der Waals surface area (Å²) in [5.74, 6) is 0.263. The number of sulfonamides is 1. The topological polar surface area (TPSA) is 66.5 Å². The summed E-state index contributed by atoms with van der Waals surface area (Å²) in [6.07, 6.45) is 0. The Labute approximate surface area is 178 Å². The third-order valence-electron chi connectivity index (χ3n) is 4.63. The van der Waals surface area contributed by atoms with Crippen molar-refractivity contribution in [2.45, 2.75) is 48.9 Å². The zero-order valence-electron chi connectivity index (χ0n) is 17.9. The van der Waals surface area contributed by atoms with Crippen LogP contribution in [0.3, 0.4) is 0 Å². The minimum absolute atomic E-state index is 0.0626. The zero-order chi connectivity index (χ0) is 21.8.